The molecule has 6 heteroatoms. The van der Waals surface area contributed by atoms with Gasteiger partial charge in [-0.15, -0.1) is 0 Å². The predicted molar refractivity (Wildman–Crippen MR) is 166 cm³/mol. The summed E-state index contributed by atoms with van der Waals surface area (Å²) in [5.41, 5.74) is 0.188. The predicted octanol–water partition coefficient (Wildman–Crippen LogP) is 8.46. The smallest absolute Gasteiger partial charge is 0.336 e. The molecule has 0 aromatic heterocycles. The standard InChI is InChI=1S/C20H44N.C14H10O4S/c1-5-7-8-9-10-11-12-13-14-15-16-17-18-19-20-21(3,4)6-2;15-13(16)9-5-1-3-7-11(9)19-12-8-4-2-6-10(12)14(17)18/h5-20H2,1-4H3;1-8H,(H,15,16)(H,17,18)/q+1;/p-1. The molecule has 0 atom stereocenters. The minimum Gasteiger partial charge on any atom is -0.545 e. The van der Waals surface area contributed by atoms with Crippen molar-refractivity contribution in [3.8, 4) is 0 Å². The Hall–Kier alpha value is -2.31. The van der Waals surface area contributed by atoms with E-state index in [-0.39, 0.29) is 11.1 Å². The average Bonchev–Trinajstić information content (AvgIpc) is 2.94. The van der Waals surface area contributed by atoms with E-state index in [4.69, 9.17) is 5.11 Å². The second kappa shape index (κ2) is 21.4. The fourth-order valence-electron chi connectivity index (χ4n) is 4.47. The fourth-order valence-corrected chi connectivity index (χ4v) is 5.52. The number of carbonyl (C=O) groups excluding carboxylic acids is 1. The molecule has 224 valence electrons. The number of aromatic carboxylic acids is 2. The zero-order valence-electron chi connectivity index (χ0n) is 25.5. The number of quaternary nitrogens is 1. The highest BCUT2D eigenvalue weighted by atomic mass is 32.2. The van der Waals surface area contributed by atoms with Gasteiger partial charge >= 0.3 is 5.97 Å². The molecule has 0 spiro atoms. The lowest BCUT2D eigenvalue weighted by molar-refractivity contribution is -0.888. The number of benzene rings is 2. The summed E-state index contributed by atoms with van der Waals surface area (Å²) in [5, 5.41) is 20.1. The molecule has 0 amide bonds. The molecule has 2 rings (SSSR count). The number of hydrogen-bond donors (Lipinski definition) is 1. The zero-order chi connectivity index (χ0) is 29.6. The number of carboxylic acids is 2. The van der Waals surface area contributed by atoms with E-state index in [1.54, 1.807) is 36.4 Å². The summed E-state index contributed by atoms with van der Waals surface area (Å²) in [6.45, 7) is 7.21. The first-order valence-corrected chi connectivity index (χ1v) is 16.2. The van der Waals surface area contributed by atoms with Gasteiger partial charge in [-0.2, -0.15) is 0 Å². The third-order valence-electron chi connectivity index (χ3n) is 7.42. The van der Waals surface area contributed by atoms with Crippen LogP contribution in [0.5, 0.6) is 0 Å². The Morgan fingerprint density at radius 3 is 1.50 bits per heavy atom. The Labute approximate surface area is 248 Å². The lowest BCUT2D eigenvalue weighted by atomic mass is 10.0. The Morgan fingerprint density at radius 1 is 0.675 bits per heavy atom. The first-order valence-electron chi connectivity index (χ1n) is 15.3. The first kappa shape index (κ1) is 35.7. The van der Waals surface area contributed by atoms with Crippen molar-refractivity contribution >= 4 is 23.7 Å². The summed E-state index contributed by atoms with van der Waals surface area (Å²) in [7, 11) is 4.70. The van der Waals surface area contributed by atoms with Crippen molar-refractivity contribution in [1.82, 2.24) is 0 Å². The van der Waals surface area contributed by atoms with E-state index in [0.29, 0.717) is 9.79 Å². The van der Waals surface area contributed by atoms with E-state index >= 15 is 0 Å². The maximum absolute atomic E-state index is 11.1. The molecule has 0 aliphatic heterocycles. The van der Waals surface area contributed by atoms with Gasteiger partial charge < -0.3 is 19.5 Å². The molecular formula is C34H53NO4S. The number of carbonyl (C=O) groups is 2. The van der Waals surface area contributed by atoms with E-state index in [1.807, 2.05) is 0 Å². The molecule has 0 bridgehead atoms. The number of nitrogens with zero attached hydrogens (tertiary/aromatic N) is 1. The molecule has 40 heavy (non-hydrogen) atoms. The van der Waals surface area contributed by atoms with Gasteiger partial charge in [-0.05, 0) is 38.0 Å². The van der Waals surface area contributed by atoms with Gasteiger partial charge in [-0.25, -0.2) is 4.79 Å². The van der Waals surface area contributed by atoms with Crippen LogP contribution in [0.1, 0.15) is 124 Å². The van der Waals surface area contributed by atoms with Gasteiger partial charge in [0.05, 0.1) is 38.7 Å². The van der Waals surface area contributed by atoms with Crippen molar-refractivity contribution in [1.29, 1.82) is 0 Å². The SMILES string of the molecule is CCCCCCCCCCCCCCCC[N+](C)(C)CC.O=C([O-])c1ccccc1Sc1ccccc1C(=O)O. The van der Waals surface area contributed by atoms with E-state index < -0.39 is 11.9 Å². The van der Waals surface area contributed by atoms with Crippen LogP contribution in [0.2, 0.25) is 0 Å². The van der Waals surface area contributed by atoms with Gasteiger partial charge in [0.15, 0.2) is 0 Å². The van der Waals surface area contributed by atoms with Crippen LogP contribution in [0.4, 0.5) is 0 Å². The molecule has 0 heterocycles. The maximum Gasteiger partial charge on any atom is 0.336 e. The zero-order valence-corrected chi connectivity index (χ0v) is 26.3. The summed E-state index contributed by atoms with van der Waals surface area (Å²) in [6.07, 6.45) is 20.4. The molecule has 0 fully saturated rings. The molecule has 5 nitrogen and oxygen atoms in total. The van der Waals surface area contributed by atoms with Crippen LogP contribution in [-0.4, -0.2) is 48.7 Å². The quantitative estimate of drug-likeness (QED) is 0.127. The first-order chi connectivity index (χ1) is 19.2. The van der Waals surface area contributed by atoms with Crippen LogP contribution < -0.4 is 5.11 Å². The Bertz CT molecular complexity index is 920. The molecule has 0 aliphatic rings. The fraction of sp³-hybridized carbons (Fsp3) is 0.588. The molecular weight excluding hydrogens is 518 g/mol. The summed E-state index contributed by atoms with van der Waals surface area (Å²) < 4.78 is 1.19. The number of hydrogen-bond acceptors (Lipinski definition) is 4. The highest BCUT2D eigenvalue weighted by molar-refractivity contribution is 7.99. The summed E-state index contributed by atoms with van der Waals surface area (Å²) in [5.74, 6) is -2.33. The Kier molecular flexibility index (Phi) is 19.1. The Morgan fingerprint density at radius 2 is 1.07 bits per heavy atom. The third kappa shape index (κ3) is 16.1. The van der Waals surface area contributed by atoms with E-state index in [2.05, 4.69) is 27.9 Å². The van der Waals surface area contributed by atoms with E-state index in [9.17, 15) is 14.7 Å². The average molecular weight is 572 g/mol. The molecule has 0 radical (unpaired) electrons. The van der Waals surface area contributed by atoms with Crippen LogP contribution in [0.15, 0.2) is 58.3 Å². The largest absolute Gasteiger partial charge is 0.545 e. The van der Waals surface area contributed by atoms with Crippen molar-refractivity contribution in [2.24, 2.45) is 0 Å². The van der Waals surface area contributed by atoms with Gasteiger partial charge in [0.2, 0.25) is 0 Å². The molecule has 2 aromatic carbocycles. The van der Waals surface area contributed by atoms with Crippen molar-refractivity contribution in [3.63, 3.8) is 0 Å². The van der Waals surface area contributed by atoms with Crippen molar-refractivity contribution in [2.75, 3.05) is 27.2 Å². The molecule has 0 aliphatic carbocycles. The summed E-state index contributed by atoms with van der Waals surface area (Å²) in [6, 6.07) is 12.8. The number of unbranched alkanes of at least 4 members (excludes halogenated alkanes) is 13. The van der Waals surface area contributed by atoms with Crippen LogP contribution in [0, 0.1) is 0 Å². The summed E-state index contributed by atoms with van der Waals surface area (Å²) in [4.78, 5) is 23.0. The minimum absolute atomic E-state index is 0.0488. The molecule has 0 unspecified atom stereocenters. The lowest BCUT2D eigenvalue weighted by Crippen LogP contribution is -2.39. The highest BCUT2D eigenvalue weighted by Gasteiger charge is 2.12. The van der Waals surface area contributed by atoms with Crippen molar-refractivity contribution in [3.05, 3.63) is 59.7 Å². The lowest BCUT2D eigenvalue weighted by Gasteiger charge is -2.28. The minimum atomic E-state index is -1.28. The third-order valence-corrected chi connectivity index (χ3v) is 8.57. The second-order valence-electron chi connectivity index (χ2n) is 11.3. The van der Waals surface area contributed by atoms with Crippen LogP contribution in [0.3, 0.4) is 0 Å². The number of rotatable bonds is 20. The van der Waals surface area contributed by atoms with Gasteiger partial charge in [-0.1, -0.05) is 126 Å². The van der Waals surface area contributed by atoms with Crippen molar-refractivity contribution in [2.45, 2.75) is 114 Å². The van der Waals surface area contributed by atoms with Crippen molar-refractivity contribution < 1.29 is 24.3 Å². The van der Waals surface area contributed by atoms with Crippen LogP contribution in [0.25, 0.3) is 0 Å². The summed E-state index contributed by atoms with van der Waals surface area (Å²) >= 11 is 1.10. The monoisotopic (exact) mass is 571 g/mol. The molecule has 0 saturated carbocycles. The van der Waals surface area contributed by atoms with Crippen LogP contribution in [-0.2, 0) is 0 Å². The van der Waals surface area contributed by atoms with Gasteiger partial charge in [0.1, 0.15) is 0 Å². The van der Waals surface area contributed by atoms with E-state index in [1.165, 1.54) is 120 Å². The highest BCUT2D eigenvalue weighted by Crippen LogP contribution is 2.32. The second-order valence-corrected chi connectivity index (χ2v) is 12.3. The molecule has 2 aromatic rings. The number of carboxylic acid groups (broad SMARTS) is 2. The van der Waals surface area contributed by atoms with Gasteiger partial charge in [-0.3, -0.25) is 0 Å². The normalized spacial score (nSPS) is 11.1. The van der Waals surface area contributed by atoms with Crippen LogP contribution >= 0.6 is 11.8 Å². The molecule has 1 N–H and O–H groups in total. The van der Waals surface area contributed by atoms with Gasteiger partial charge in [0, 0.05) is 15.4 Å². The Balaban J connectivity index is 0.000000401. The topological polar surface area (TPSA) is 77.4 Å². The van der Waals surface area contributed by atoms with Gasteiger partial charge in [0.25, 0.3) is 0 Å². The maximum atomic E-state index is 11.1. The van der Waals surface area contributed by atoms with E-state index in [0.717, 1.165) is 11.8 Å². The molecule has 0 saturated heterocycles.